The Balaban J connectivity index is 3.36. The molecule has 0 aromatic rings. The first-order valence-corrected chi connectivity index (χ1v) is 4.19. The van der Waals surface area contributed by atoms with Gasteiger partial charge in [-0.1, -0.05) is 31.2 Å². The summed E-state index contributed by atoms with van der Waals surface area (Å²) in [5, 5.41) is 0. The highest BCUT2D eigenvalue weighted by atomic mass is 16.5. The molecule has 2 nitrogen and oxygen atoms in total. The van der Waals surface area contributed by atoms with E-state index in [0.29, 0.717) is 6.42 Å². The molecule has 0 aliphatic heterocycles. The van der Waals surface area contributed by atoms with Crippen LogP contribution in [0.25, 0.3) is 0 Å². The number of esters is 1. The van der Waals surface area contributed by atoms with Gasteiger partial charge in [-0.25, -0.2) is 0 Å². The Morgan fingerprint density at radius 1 is 1.33 bits per heavy atom. The molecular formula is C10H16O2. The van der Waals surface area contributed by atoms with Gasteiger partial charge in [0.1, 0.15) is 0 Å². The van der Waals surface area contributed by atoms with Gasteiger partial charge < -0.3 is 4.74 Å². The van der Waals surface area contributed by atoms with Gasteiger partial charge in [-0.15, -0.1) is 0 Å². The van der Waals surface area contributed by atoms with Gasteiger partial charge in [0.05, 0.1) is 7.11 Å². The van der Waals surface area contributed by atoms with Crippen molar-refractivity contribution in [2.24, 2.45) is 0 Å². The smallest absolute Gasteiger partial charge is 0.305 e. The molecule has 0 saturated heterocycles. The lowest BCUT2D eigenvalue weighted by Crippen LogP contribution is -1.97. The van der Waals surface area contributed by atoms with Crippen molar-refractivity contribution in [2.45, 2.75) is 26.2 Å². The molecular weight excluding hydrogens is 152 g/mol. The quantitative estimate of drug-likeness (QED) is 0.465. The Bertz CT molecular complexity index is 169. The molecule has 0 bridgehead atoms. The molecule has 0 aliphatic carbocycles. The van der Waals surface area contributed by atoms with E-state index in [-0.39, 0.29) is 5.97 Å². The molecule has 0 spiro atoms. The molecule has 0 atom stereocenters. The highest BCUT2D eigenvalue weighted by Gasteiger charge is 1.94. The first-order chi connectivity index (χ1) is 5.81. The predicted molar refractivity (Wildman–Crippen MR) is 49.8 cm³/mol. The van der Waals surface area contributed by atoms with E-state index >= 15 is 0 Å². The average Bonchev–Trinajstić information content (AvgIpc) is 2.10. The third-order valence-electron chi connectivity index (χ3n) is 1.36. The van der Waals surface area contributed by atoms with Crippen molar-refractivity contribution < 1.29 is 9.53 Å². The van der Waals surface area contributed by atoms with E-state index in [0.717, 1.165) is 12.8 Å². The molecule has 0 unspecified atom stereocenters. The second kappa shape index (κ2) is 8.05. The Kier molecular flexibility index (Phi) is 7.35. The van der Waals surface area contributed by atoms with Gasteiger partial charge in [-0.2, -0.15) is 0 Å². The molecule has 68 valence electrons. The number of methoxy groups -OCH3 is 1. The Hall–Kier alpha value is -1.05. The fourth-order valence-electron chi connectivity index (χ4n) is 0.693. The summed E-state index contributed by atoms with van der Waals surface area (Å²) in [6.07, 6.45) is 10.2. The van der Waals surface area contributed by atoms with Gasteiger partial charge in [0.2, 0.25) is 0 Å². The summed E-state index contributed by atoms with van der Waals surface area (Å²) in [6.45, 7) is 2.08. The number of rotatable bonds is 5. The largest absolute Gasteiger partial charge is 0.469 e. The number of hydrogen-bond donors (Lipinski definition) is 0. The minimum absolute atomic E-state index is 0.154. The summed E-state index contributed by atoms with van der Waals surface area (Å²) in [5.74, 6) is -0.154. The maximum absolute atomic E-state index is 10.6. The van der Waals surface area contributed by atoms with E-state index < -0.39 is 0 Å². The van der Waals surface area contributed by atoms with E-state index in [1.165, 1.54) is 7.11 Å². The maximum Gasteiger partial charge on any atom is 0.305 e. The topological polar surface area (TPSA) is 26.3 Å². The summed E-state index contributed by atoms with van der Waals surface area (Å²) in [7, 11) is 1.41. The van der Waals surface area contributed by atoms with E-state index in [4.69, 9.17) is 0 Å². The van der Waals surface area contributed by atoms with Crippen LogP contribution in [0.4, 0.5) is 0 Å². The number of allylic oxidation sites excluding steroid dienone is 4. The average molecular weight is 168 g/mol. The second-order valence-corrected chi connectivity index (χ2v) is 2.38. The van der Waals surface area contributed by atoms with Crippen LogP contribution in [-0.4, -0.2) is 13.1 Å². The third-order valence-corrected chi connectivity index (χ3v) is 1.36. The highest BCUT2D eigenvalue weighted by Crippen LogP contribution is 1.93. The maximum atomic E-state index is 10.6. The van der Waals surface area contributed by atoms with Gasteiger partial charge >= 0.3 is 5.97 Å². The van der Waals surface area contributed by atoms with Gasteiger partial charge in [0.25, 0.3) is 0 Å². The molecule has 0 aromatic heterocycles. The SMILES string of the molecule is CC/C=C/C=C/CCC(=O)OC. The van der Waals surface area contributed by atoms with Crippen LogP contribution in [0, 0.1) is 0 Å². The minimum Gasteiger partial charge on any atom is -0.469 e. The number of ether oxygens (including phenoxy) is 1. The molecule has 12 heavy (non-hydrogen) atoms. The summed E-state index contributed by atoms with van der Waals surface area (Å²) >= 11 is 0. The summed E-state index contributed by atoms with van der Waals surface area (Å²) in [5.41, 5.74) is 0. The highest BCUT2D eigenvalue weighted by molar-refractivity contribution is 5.69. The molecule has 0 aliphatic rings. The first-order valence-electron chi connectivity index (χ1n) is 4.19. The fourth-order valence-corrected chi connectivity index (χ4v) is 0.693. The summed E-state index contributed by atoms with van der Waals surface area (Å²) < 4.78 is 4.49. The van der Waals surface area contributed by atoms with Crippen LogP contribution in [0.2, 0.25) is 0 Å². The van der Waals surface area contributed by atoms with Gasteiger partial charge in [-0.05, 0) is 12.8 Å². The molecule has 0 amide bonds. The second-order valence-electron chi connectivity index (χ2n) is 2.38. The van der Waals surface area contributed by atoms with Crippen LogP contribution < -0.4 is 0 Å². The zero-order valence-electron chi connectivity index (χ0n) is 7.75. The van der Waals surface area contributed by atoms with Crippen LogP contribution in [0.5, 0.6) is 0 Å². The molecule has 2 heteroatoms. The van der Waals surface area contributed by atoms with Crippen LogP contribution >= 0.6 is 0 Å². The van der Waals surface area contributed by atoms with Crippen molar-refractivity contribution in [1.29, 1.82) is 0 Å². The van der Waals surface area contributed by atoms with Gasteiger partial charge in [-0.3, -0.25) is 4.79 Å². The Labute approximate surface area is 73.9 Å². The van der Waals surface area contributed by atoms with Crippen molar-refractivity contribution in [3.8, 4) is 0 Å². The van der Waals surface area contributed by atoms with E-state index in [9.17, 15) is 4.79 Å². The van der Waals surface area contributed by atoms with Crippen molar-refractivity contribution in [1.82, 2.24) is 0 Å². The zero-order valence-corrected chi connectivity index (χ0v) is 7.75. The summed E-state index contributed by atoms with van der Waals surface area (Å²) in [6, 6.07) is 0. The molecule has 0 radical (unpaired) electrons. The van der Waals surface area contributed by atoms with Crippen molar-refractivity contribution in [3.05, 3.63) is 24.3 Å². The minimum atomic E-state index is -0.154. The molecule has 0 heterocycles. The normalized spacial score (nSPS) is 11.2. The number of carbonyl (C=O) groups excluding carboxylic acids is 1. The number of carbonyl (C=O) groups is 1. The molecule has 0 aromatic carbocycles. The lowest BCUT2D eigenvalue weighted by Gasteiger charge is -1.92. The van der Waals surface area contributed by atoms with E-state index in [1.54, 1.807) is 0 Å². The van der Waals surface area contributed by atoms with E-state index in [2.05, 4.69) is 17.7 Å². The first kappa shape index (κ1) is 11.0. The van der Waals surface area contributed by atoms with Crippen molar-refractivity contribution >= 4 is 5.97 Å². The standard InChI is InChI=1S/C10H16O2/c1-3-4-5-6-7-8-9-10(11)12-2/h4-7H,3,8-9H2,1-2H3/b5-4+,7-6+. The van der Waals surface area contributed by atoms with Crippen molar-refractivity contribution in [2.75, 3.05) is 7.11 Å². The van der Waals surface area contributed by atoms with Crippen LogP contribution in [-0.2, 0) is 9.53 Å². The Morgan fingerprint density at radius 3 is 2.58 bits per heavy atom. The van der Waals surface area contributed by atoms with Crippen molar-refractivity contribution in [3.63, 3.8) is 0 Å². The van der Waals surface area contributed by atoms with Crippen LogP contribution in [0.15, 0.2) is 24.3 Å². The predicted octanol–water partition coefficient (Wildman–Crippen LogP) is 2.46. The zero-order chi connectivity index (χ0) is 9.23. The lowest BCUT2D eigenvalue weighted by atomic mass is 10.3. The summed E-state index contributed by atoms with van der Waals surface area (Å²) in [4.78, 5) is 10.6. The molecule has 0 rings (SSSR count). The van der Waals surface area contributed by atoms with Gasteiger partial charge in [0.15, 0.2) is 0 Å². The molecule has 0 fully saturated rings. The van der Waals surface area contributed by atoms with Crippen LogP contribution in [0.1, 0.15) is 26.2 Å². The Morgan fingerprint density at radius 2 is 2.00 bits per heavy atom. The lowest BCUT2D eigenvalue weighted by molar-refractivity contribution is -0.140. The fraction of sp³-hybridized carbons (Fsp3) is 0.500. The monoisotopic (exact) mass is 168 g/mol. The molecule has 0 saturated carbocycles. The number of hydrogen-bond acceptors (Lipinski definition) is 2. The molecule has 0 N–H and O–H groups in total. The van der Waals surface area contributed by atoms with Gasteiger partial charge in [0, 0.05) is 6.42 Å². The van der Waals surface area contributed by atoms with E-state index in [1.807, 2.05) is 18.2 Å². The van der Waals surface area contributed by atoms with Crippen LogP contribution in [0.3, 0.4) is 0 Å². The third kappa shape index (κ3) is 7.06.